The smallest absolute Gasteiger partial charge is 0.147 e. The second-order valence-electron chi connectivity index (χ2n) is 5.01. The van der Waals surface area contributed by atoms with Gasteiger partial charge < -0.3 is 0 Å². The number of benzene rings is 1. The molecule has 0 saturated heterocycles. The molecule has 0 amide bonds. The first kappa shape index (κ1) is 17.4. The van der Waals surface area contributed by atoms with Crippen LogP contribution in [0.1, 0.15) is 17.5 Å². The van der Waals surface area contributed by atoms with Gasteiger partial charge in [-0.2, -0.15) is 0 Å². The zero-order chi connectivity index (χ0) is 13.4. The molecule has 0 spiro atoms. The van der Waals surface area contributed by atoms with Crippen LogP contribution in [0, 0.1) is 0 Å². The van der Waals surface area contributed by atoms with Crippen molar-refractivity contribution in [1.82, 2.24) is 14.8 Å². The van der Waals surface area contributed by atoms with E-state index in [1.54, 1.807) is 3.28 Å². The predicted octanol–water partition coefficient (Wildman–Crippen LogP) is 3.78. The van der Waals surface area contributed by atoms with Crippen LogP contribution >= 0.6 is 24.8 Å². The van der Waals surface area contributed by atoms with Crippen molar-refractivity contribution in [3.8, 4) is 0 Å². The molecule has 0 bridgehead atoms. The molecule has 0 radical (unpaired) electrons. The summed E-state index contributed by atoms with van der Waals surface area (Å²) in [5, 5.41) is 8.06. The van der Waals surface area contributed by atoms with Gasteiger partial charge in [0.05, 0.1) is 0 Å². The molecule has 1 aromatic carbocycles. The summed E-state index contributed by atoms with van der Waals surface area (Å²) < 4.78 is 3.80. The number of hydrogen-bond acceptors (Lipinski definition) is 2. The largest absolute Gasteiger partial charge is 0.147 e. The maximum absolute atomic E-state index is 4.03. The molecule has 3 nitrogen and oxygen atoms in total. The summed E-state index contributed by atoms with van der Waals surface area (Å²) in [5.74, 6) is 0. The fourth-order valence-corrected chi connectivity index (χ4v) is 6.94. The first-order valence-electron chi connectivity index (χ1n) is 6.66. The standard InChI is InChI=1S/C11H8N3.C5H5.2ClH.Zr/c1-2-4-10-9(3-1)5-6-11(10)14-7-12-13-8-14;1-2-4-5-3-1;;;/h1-8H;1-3H,4H2;2*1H;. The minimum absolute atomic E-state index is 0. The molecule has 1 unspecified atom stereocenters. The van der Waals surface area contributed by atoms with Crippen molar-refractivity contribution in [2.45, 2.75) is 9.67 Å². The number of allylic oxidation sites excluding steroid dienone is 5. The van der Waals surface area contributed by atoms with Crippen LogP contribution < -0.4 is 0 Å². The molecule has 2 aliphatic carbocycles. The Bertz CT molecular complexity index is 738. The zero-order valence-electron chi connectivity index (χ0n) is 11.7. The molecule has 1 heterocycles. The number of fused-ring (bicyclic) bond motifs is 1. The normalized spacial score (nSPS) is 20.8. The summed E-state index contributed by atoms with van der Waals surface area (Å²) >= 11 is -0.859. The third-order valence-corrected chi connectivity index (χ3v) is 8.17. The molecule has 0 N–H and O–H groups in total. The monoisotopic (exact) mass is 409 g/mol. The Balaban J connectivity index is 0.000000882. The molecule has 2 aliphatic rings. The Hall–Kier alpha value is -0.957. The maximum atomic E-state index is 4.03. The second-order valence-corrected chi connectivity index (χ2v) is 9.07. The van der Waals surface area contributed by atoms with E-state index in [0.717, 1.165) is 6.42 Å². The Labute approximate surface area is 153 Å². The molecule has 0 saturated carbocycles. The van der Waals surface area contributed by atoms with Crippen molar-refractivity contribution in [3.63, 3.8) is 0 Å². The Morgan fingerprint density at radius 3 is 2.59 bits per heavy atom. The van der Waals surface area contributed by atoms with E-state index < -0.39 is 23.2 Å². The van der Waals surface area contributed by atoms with E-state index in [-0.39, 0.29) is 28.1 Å². The average Bonchev–Trinajstić information content (AvgIpc) is 3.20. The van der Waals surface area contributed by atoms with Crippen molar-refractivity contribution < 1.29 is 23.2 Å². The summed E-state index contributed by atoms with van der Waals surface area (Å²) in [6, 6.07) is 8.68. The number of nitrogens with zero attached hydrogens (tertiary/aromatic N) is 3. The zero-order valence-corrected chi connectivity index (χ0v) is 15.8. The van der Waals surface area contributed by atoms with E-state index in [9.17, 15) is 0 Å². The molecule has 1 atom stereocenters. The van der Waals surface area contributed by atoms with E-state index in [4.69, 9.17) is 0 Å². The Morgan fingerprint density at radius 2 is 1.86 bits per heavy atom. The summed E-state index contributed by atoms with van der Waals surface area (Å²) in [6.07, 6.45) is 16.2. The van der Waals surface area contributed by atoms with Crippen LogP contribution in [0.5, 0.6) is 0 Å². The van der Waals surface area contributed by atoms with Crippen LogP contribution in [0.3, 0.4) is 0 Å². The fourth-order valence-electron chi connectivity index (χ4n) is 2.86. The third kappa shape index (κ3) is 2.80. The van der Waals surface area contributed by atoms with E-state index in [1.807, 2.05) is 12.7 Å². The van der Waals surface area contributed by atoms with Gasteiger partial charge in [0, 0.05) is 0 Å². The van der Waals surface area contributed by atoms with Gasteiger partial charge in [-0.15, -0.1) is 24.8 Å². The van der Waals surface area contributed by atoms with Crippen LogP contribution in [-0.4, -0.2) is 14.8 Å². The number of hydrogen-bond donors (Lipinski definition) is 0. The van der Waals surface area contributed by atoms with E-state index in [1.165, 1.54) is 11.1 Å². The van der Waals surface area contributed by atoms with Gasteiger partial charge in [-0.3, -0.25) is 0 Å². The van der Waals surface area contributed by atoms with Crippen LogP contribution in [0.2, 0.25) is 0 Å². The molecule has 0 aliphatic heterocycles. The van der Waals surface area contributed by atoms with Crippen LogP contribution in [-0.2, 0) is 26.5 Å². The van der Waals surface area contributed by atoms with Gasteiger partial charge in [0.15, 0.2) is 0 Å². The Morgan fingerprint density at radius 1 is 1.09 bits per heavy atom. The summed E-state index contributed by atoms with van der Waals surface area (Å²) in [5.41, 5.74) is 2.73. The predicted molar refractivity (Wildman–Crippen MR) is 88.9 cm³/mol. The fraction of sp³-hybridized carbons (Fsp3) is 0.125. The van der Waals surface area contributed by atoms with E-state index >= 15 is 0 Å². The average molecular weight is 411 g/mol. The molecule has 0 fully saturated rings. The van der Waals surface area contributed by atoms with Crippen molar-refractivity contribution in [2.24, 2.45) is 0 Å². The van der Waals surface area contributed by atoms with Gasteiger partial charge in [-0.05, 0) is 0 Å². The van der Waals surface area contributed by atoms with Crippen LogP contribution in [0.4, 0.5) is 0 Å². The van der Waals surface area contributed by atoms with Crippen molar-refractivity contribution in [3.05, 3.63) is 75.6 Å². The van der Waals surface area contributed by atoms with Crippen LogP contribution in [0.25, 0.3) is 6.08 Å². The summed E-state index contributed by atoms with van der Waals surface area (Å²) in [6.45, 7) is 0. The number of halogens is 2. The van der Waals surface area contributed by atoms with E-state index in [2.05, 4.69) is 69.4 Å². The van der Waals surface area contributed by atoms with Gasteiger partial charge in [-0.25, -0.2) is 0 Å². The van der Waals surface area contributed by atoms with Gasteiger partial charge in [-0.1, -0.05) is 0 Å². The molecule has 4 rings (SSSR count). The summed E-state index contributed by atoms with van der Waals surface area (Å²) in [4.78, 5) is 0. The van der Waals surface area contributed by atoms with Gasteiger partial charge in [0.25, 0.3) is 0 Å². The first-order chi connectivity index (χ1) is 9.88. The molecule has 6 heteroatoms. The summed E-state index contributed by atoms with van der Waals surface area (Å²) in [7, 11) is 0. The molecule has 22 heavy (non-hydrogen) atoms. The molecule has 1 aromatic heterocycles. The number of rotatable bonds is 3. The molecular formula is C16H15Cl2N3Zr. The van der Waals surface area contributed by atoms with Gasteiger partial charge in [0.2, 0.25) is 0 Å². The first-order valence-corrected chi connectivity index (χ1v) is 9.12. The van der Waals surface area contributed by atoms with Crippen LogP contribution in [0.15, 0.2) is 64.5 Å². The molecule has 112 valence electrons. The minimum atomic E-state index is -0.859. The quantitative estimate of drug-likeness (QED) is 0.770. The molecular weight excluding hydrogens is 396 g/mol. The maximum Gasteiger partial charge on any atom is -0.147 e. The Kier molecular flexibility index (Phi) is 5.60. The molecule has 2 aromatic rings. The van der Waals surface area contributed by atoms with Crippen molar-refractivity contribution >= 4 is 30.9 Å². The minimum Gasteiger partial charge on any atom is -0.147 e. The van der Waals surface area contributed by atoms with Crippen molar-refractivity contribution in [1.29, 1.82) is 0 Å². The van der Waals surface area contributed by atoms with Crippen molar-refractivity contribution in [2.75, 3.05) is 0 Å². The van der Waals surface area contributed by atoms with Gasteiger partial charge in [0.1, 0.15) is 0 Å². The third-order valence-electron chi connectivity index (χ3n) is 3.82. The number of aromatic nitrogens is 3. The van der Waals surface area contributed by atoms with E-state index in [0.29, 0.717) is 0 Å². The topological polar surface area (TPSA) is 30.7 Å². The SMILES string of the molecule is C1=CC[C]([Zr][C]2(n3cnnc3)C=Cc3ccccc32)=C1.Cl.Cl. The second kappa shape index (κ2) is 7.08. The van der Waals surface area contributed by atoms with Gasteiger partial charge >= 0.3 is 129 Å².